The molecule has 0 radical (unpaired) electrons. The highest BCUT2D eigenvalue weighted by molar-refractivity contribution is 5.92. The second-order valence-electron chi connectivity index (χ2n) is 2.87. The predicted molar refractivity (Wildman–Crippen MR) is 54.4 cm³/mol. The molecular weight excluding hydrogens is 232 g/mol. The molecule has 0 aliphatic rings. The van der Waals surface area contributed by atoms with Crippen LogP contribution in [0.2, 0.25) is 0 Å². The van der Waals surface area contributed by atoms with Gasteiger partial charge < -0.3 is 19.0 Å². The summed E-state index contributed by atoms with van der Waals surface area (Å²) < 4.78 is 14.0. The summed E-state index contributed by atoms with van der Waals surface area (Å²) in [4.78, 5) is 33.6. The van der Waals surface area contributed by atoms with Gasteiger partial charge in [0.05, 0.1) is 13.7 Å². The average Bonchev–Trinajstić information content (AvgIpc) is 2.28. The topological polar surface area (TPSA) is 103 Å². The third-order valence-corrected chi connectivity index (χ3v) is 1.85. The summed E-state index contributed by atoms with van der Waals surface area (Å²) in [7, 11) is 1.13. The summed E-state index contributed by atoms with van der Waals surface area (Å²) in [6.07, 6.45) is 0.680. The van der Waals surface area contributed by atoms with E-state index in [0.717, 1.165) is 7.11 Å². The van der Waals surface area contributed by atoms with E-state index < -0.39 is 34.4 Å². The fourth-order valence-corrected chi connectivity index (χ4v) is 1.12. The number of esters is 1. The number of aromatic carboxylic acids is 1. The van der Waals surface area contributed by atoms with Gasteiger partial charge in [0.2, 0.25) is 11.2 Å². The van der Waals surface area contributed by atoms with Gasteiger partial charge in [0.1, 0.15) is 11.8 Å². The lowest BCUT2D eigenvalue weighted by atomic mass is 10.2. The van der Waals surface area contributed by atoms with E-state index in [-0.39, 0.29) is 6.61 Å². The zero-order valence-corrected chi connectivity index (χ0v) is 9.18. The van der Waals surface area contributed by atoms with Crippen molar-refractivity contribution in [1.82, 2.24) is 0 Å². The van der Waals surface area contributed by atoms with Crippen LogP contribution in [-0.2, 0) is 4.74 Å². The lowest BCUT2D eigenvalue weighted by Gasteiger charge is -2.06. The second kappa shape index (κ2) is 5.15. The zero-order valence-electron chi connectivity index (χ0n) is 9.18. The first-order valence-corrected chi connectivity index (χ1v) is 4.63. The molecule has 17 heavy (non-hydrogen) atoms. The van der Waals surface area contributed by atoms with Gasteiger partial charge in [-0.25, -0.2) is 9.59 Å². The van der Waals surface area contributed by atoms with Crippen molar-refractivity contribution in [1.29, 1.82) is 0 Å². The first-order valence-electron chi connectivity index (χ1n) is 4.63. The Morgan fingerprint density at radius 3 is 2.59 bits per heavy atom. The van der Waals surface area contributed by atoms with E-state index in [2.05, 4.69) is 9.47 Å². The van der Waals surface area contributed by atoms with Crippen molar-refractivity contribution < 1.29 is 28.6 Å². The van der Waals surface area contributed by atoms with E-state index in [0.29, 0.717) is 6.26 Å². The highest BCUT2D eigenvalue weighted by Crippen LogP contribution is 2.15. The number of hydrogen-bond donors (Lipinski definition) is 1. The number of carboxylic acid groups (broad SMARTS) is 1. The molecule has 0 aromatic carbocycles. The number of carbonyl (C=O) groups is 2. The van der Waals surface area contributed by atoms with Crippen molar-refractivity contribution in [3.63, 3.8) is 0 Å². The molecule has 0 saturated carbocycles. The Balaban J connectivity index is 3.36. The van der Waals surface area contributed by atoms with Crippen LogP contribution in [0, 0.1) is 0 Å². The number of methoxy groups -OCH3 is 1. The smallest absolute Gasteiger partial charge is 0.378 e. The molecule has 0 bridgehead atoms. The molecule has 0 fully saturated rings. The van der Waals surface area contributed by atoms with Crippen LogP contribution in [-0.4, -0.2) is 30.8 Å². The summed E-state index contributed by atoms with van der Waals surface area (Å²) in [6.45, 7) is 1.67. The molecule has 7 nitrogen and oxygen atoms in total. The van der Waals surface area contributed by atoms with Gasteiger partial charge in [-0.2, -0.15) is 0 Å². The minimum atomic E-state index is -1.47. The van der Waals surface area contributed by atoms with E-state index in [1.54, 1.807) is 6.92 Å². The van der Waals surface area contributed by atoms with Gasteiger partial charge in [-0.15, -0.1) is 0 Å². The SMILES string of the molecule is CCOC(=O)c1occ(C(=O)O)c(=O)c1OC. The molecule has 92 valence electrons. The third kappa shape index (κ3) is 2.44. The number of hydrogen-bond acceptors (Lipinski definition) is 6. The quantitative estimate of drug-likeness (QED) is 0.767. The van der Waals surface area contributed by atoms with Crippen LogP contribution in [0.3, 0.4) is 0 Å². The molecule has 0 unspecified atom stereocenters. The van der Waals surface area contributed by atoms with Gasteiger partial charge in [0.25, 0.3) is 5.76 Å². The molecule has 0 saturated heterocycles. The van der Waals surface area contributed by atoms with Gasteiger partial charge >= 0.3 is 11.9 Å². The van der Waals surface area contributed by atoms with Crippen LogP contribution < -0.4 is 10.2 Å². The zero-order chi connectivity index (χ0) is 13.0. The number of ether oxygens (including phenoxy) is 2. The molecule has 0 aliphatic heterocycles. The predicted octanol–water partition coefficient (Wildman–Crippen LogP) is 0.523. The van der Waals surface area contributed by atoms with Gasteiger partial charge in [0, 0.05) is 0 Å². The molecule has 0 amide bonds. The Morgan fingerprint density at radius 1 is 1.47 bits per heavy atom. The maximum absolute atomic E-state index is 11.6. The van der Waals surface area contributed by atoms with Gasteiger partial charge in [-0.1, -0.05) is 0 Å². The van der Waals surface area contributed by atoms with Crippen molar-refractivity contribution in [2.75, 3.05) is 13.7 Å². The number of rotatable bonds is 4. The monoisotopic (exact) mass is 242 g/mol. The van der Waals surface area contributed by atoms with Crippen LogP contribution in [0.25, 0.3) is 0 Å². The molecule has 1 N–H and O–H groups in total. The standard InChI is InChI=1S/C10H10O7/c1-3-16-10(14)8-7(15-2)6(11)5(4-17-8)9(12)13/h4H,3H2,1-2H3,(H,12,13). The highest BCUT2D eigenvalue weighted by Gasteiger charge is 2.24. The molecular formula is C10H10O7. The summed E-state index contributed by atoms with van der Waals surface area (Å²) >= 11 is 0. The maximum atomic E-state index is 11.6. The minimum absolute atomic E-state index is 0.0897. The summed E-state index contributed by atoms with van der Waals surface area (Å²) in [5, 5.41) is 8.69. The Kier molecular flexibility index (Phi) is 3.86. The van der Waals surface area contributed by atoms with Crippen LogP contribution in [0.15, 0.2) is 15.5 Å². The molecule has 0 spiro atoms. The number of carboxylic acids is 1. The number of carbonyl (C=O) groups excluding carboxylic acids is 1. The fraction of sp³-hybridized carbons (Fsp3) is 0.300. The van der Waals surface area contributed by atoms with Crippen LogP contribution >= 0.6 is 0 Å². The fourth-order valence-electron chi connectivity index (χ4n) is 1.12. The molecule has 1 heterocycles. The lowest BCUT2D eigenvalue weighted by molar-refractivity contribution is 0.0477. The van der Waals surface area contributed by atoms with Crippen molar-refractivity contribution >= 4 is 11.9 Å². The van der Waals surface area contributed by atoms with E-state index in [9.17, 15) is 14.4 Å². The van der Waals surface area contributed by atoms with Crippen LogP contribution in [0.1, 0.15) is 27.8 Å². The van der Waals surface area contributed by atoms with Crippen LogP contribution in [0.4, 0.5) is 0 Å². The largest absolute Gasteiger partial charge is 0.489 e. The summed E-state index contributed by atoms with van der Waals surface area (Å²) in [6, 6.07) is 0. The van der Waals surface area contributed by atoms with Gasteiger partial charge in [0.15, 0.2) is 0 Å². The van der Waals surface area contributed by atoms with Crippen molar-refractivity contribution in [3.05, 3.63) is 27.8 Å². The van der Waals surface area contributed by atoms with Gasteiger partial charge in [-0.3, -0.25) is 4.79 Å². The molecule has 7 heteroatoms. The minimum Gasteiger partial charge on any atom is -0.489 e. The molecule has 0 atom stereocenters. The van der Waals surface area contributed by atoms with E-state index in [1.165, 1.54) is 0 Å². The Bertz CT molecular complexity index is 500. The normalized spacial score (nSPS) is 9.76. The molecule has 0 aliphatic carbocycles. The lowest BCUT2D eigenvalue weighted by Crippen LogP contribution is -2.20. The Labute approximate surface area is 95.6 Å². The van der Waals surface area contributed by atoms with Crippen molar-refractivity contribution in [3.8, 4) is 5.75 Å². The van der Waals surface area contributed by atoms with Crippen molar-refractivity contribution in [2.45, 2.75) is 6.92 Å². The Morgan fingerprint density at radius 2 is 2.12 bits per heavy atom. The van der Waals surface area contributed by atoms with E-state index >= 15 is 0 Å². The third-order valence-electron chi connectivity index (χ3n) is 1.85. The first kappa shape index (κ1) is 12.8. The molecule has 1 aromatic heterocycles. The maximum Gasteiger partial charge on any atom is 0.378 e. The molecule has 1 rings (SSSR count). The van der Waals surface area contributed by atoms with E-state index in [1.807, 2.05) is 0 Å². The van der Waals surface area contributed by atoms with E-state index in [4.69, 9.17) is 9.52 Å². The summed E-state index contributed by atoms with van der Waals surface area (Å²) in [5.41, 5.74) is -1.55. The highest BCUT2D eigenvalue weighted by atomic mass is 16.5. The van der Waals surface area contributed by atoms with Gasteiger partial charge in [-0.05, 0) is 6.92 Å². The van der Waals surface area contributed by atoms with Crippen LogP contribution in [0.5, 0.6) is 5.75 Å². The Hall–Kier alpha value is -2.31. The molecule has 1 aromatic rings. The summed E-state index contributed by atoms with van der Waals surface area (Å²) in [5.74, 6) is -3.29. The average molecular weight is 242 g/mol. The van der Waals surface area contributed by atoms with Crippen molar-refractivity contribution in [2.24, 2.45) is 0 Å². The second-order valence-corrected chi connectivity index (χ2v) is 2.87. The first-order chi connectivity index (χ1) is 8.02.